The second kappa shape index (κ2) is 6.41. The summed E-state index contributed by atoms with van der Waals surface area (Å²) in [5.41, 5.74) is 12.7. The van der Waals surface area contributed by atoms with E-state index in [9.17, 15) is 9.00 Å². The van der Waals surface area contributed by atoms with Gasteiger partial charge in [0.15, 0.2) is 0 Å². The van der Waals surface area contributed by atoms with Crippen LogP contribution in [0, 0.1) is 0 Å². The molecule has 0 fully saturated rings. The molecule has 2 aromatic rings. The summed E-state index contributed by atoms with van der Waals surface area (Å²) >= 11 is 0. The summed E-state index contributed by atoms with van der Waals surface area (Å²) < 4.78 is 17.6. The van der Waals surface area contributed by atoms with E-state index in [4.69, 9.17) is 16.2 Å². The smallest absolute Gasteiger partial charge is 0.248 e. The van der Waals surface area contributed by atoms with Crippen LogP contribution >= 0.6 is 0 Å². The number of carbonyl (C=O) groups is 1. The molecular weight excluding hydrogens is 288 g/mol. The van der Waals surface area contributed by atoms with E-state index in [0.717, 1.165) is 5.56 Å². The minimum Gasteiger partial charge on any atom is -0.497 e. The molecule has 4 N–H and O–H groups in total. The molecule has 2 rings (SSSR count). The Kier molecular flexibility index (Phi) is 4.59. The molecule has 5 nitrogen and oxygen atoms in total. The van der Waals surface area contributed by atoms with Gasteiger partial charge in [0, 0.05) is 11.3 Å². The zero-order chi connectivity index (χ0) is 15.4. The molecule has 1 amide bonds. The van der Waals surface area contributed by atoms with Gasteiger partial charge >= 0.3 is 0 Å². The fourth-order valence-electron chi connectivity index (χ4n) is 1.88. The van der Waals surface area contributed by atoms with Crippen LogP contribution in [0.5, 0.6) is 5.75 Å². The molecule has 0 aromatic heterocycles. The number of benzene rings is 2. The van der Waals surface area contributed by atoms with Crippen LogP contribution in [0.1, 0.15) is 15.9 Å². The Morgan fingerprint density at radius 3 is 2.67 bits per heavy atom. The van der Waals surface area contributed by atoms with E-state index in [1.807, 2.05) is 0 Å². The number of nitrogen functional groups attached to an aromatic ring is 1. The monoisotopic (exact) mass is 304 g/mol. The summed E-state index contributed by atoms with van der Waals surface area (Å²) in [6.45, 7) is 0. The number of methoxy groups -OCH3 is 1. The third-order valence-electron chi connectivity index (χ3n) is 2.98. The van der Waals surface area contributed by atoms with Gasteiger partial charge in [0.2, 0.25) is 5.91 Å². The lowest BCUT2D eigenvalue weighted by Crippen LogP contribution is -2.11. The number of nitrogens with two attached hydrogens (primary N) is 2. The number of rotatable bonds is 5. The number of amides is 1. The highest BCUT2D eigenvalue weighted by Crippen LogP contribution is 2.24. The molecule has 0 aliphatic carbocycles. The number of ether oxygens (including phenoxy) is 1. The first-order chi connectivity index (χ1) is 10.0. The van der Waals surface area contributed by atoms with Crippen LogP contribution in [0.3, 0.4) is 0 Å². The zero-order valence-corrected chi connectivity index (χ0v) is 12.4. The molecule has 110 valence electrons. The van der Waals surface area contributed by atoms with Crippen molar-refractivity contribution in [2.24, 2.45) is 5.73 Å². The number of anilines is 1. The first-order valence-electron chi connectivity index (χ1n) is 6.22. The highest BCUT2D eigenvalue weighted by atomic mass is 32.2. The van der Waals surface area contributed by atoms with Gasteiger partial charge in [0.1, 0.15) is 5.75 Å². The van der Waals surface area contributed by atoms with Crippen molar-refractivity contribution in [1.29, 1.82) is 0 Å². The van der Waals surface area contributed by atoms with E-state index < -0.39 is 16.7 Å². The summed E-state index contributed by atoms with van der Waals surface area (Å²) in [5, 5.41) is 0. The molecule has 0 bridgehead atoms. The third-order valence-corrected chi connectivity index (χ3v) is 4.41. The second-order valence-corrected chi connectivity index (χ2v) is 5.88. The Balaban J connectivity index is 2.25. The highest BCUT2D eigenvalue weighted by molar-refractivity contribution is 7.84. The van der Waals surface area contributed by atoms with E-state index in [-0.39, 0.29) is 5.75 Å². The Morgan fingerprint density at radius 2 is 2.00 bits per heavy atom. The average Bonchev–Trinajstić information content (AvgIpc) is 2.48. The lowest BCUT2D eigenvalue weighted by Gasteiger charge is -2.08. The molecule has 0 saturated carbocycles. The molecule has 6 heteroatoms. The van der Waals surface area contributed by atoms with Crippen molar-refractivity contribution in [2.45, 2.75) is 10.6 Å². The van der Waals surface area contributed by atoms with Crippen molar-refractivity contribution >= 4 is 22.4 Å². The first-order valence-corrected chi connectivity index (χ1v) is 7.54. The van der Waals surface area contributed by atoms with Crippen molar-refractivity contribution in [1.82, 2.24) is 0 Å². The molecule has 1 unspecified atom stereocenters. The van der Waals surface area contributed by atoms with Crippen molar-refractivity contribution in [3.05, 3.63) is 53.6 Å². The van der Waals surface area contributed by atoms with Gasteiger partial charge in [-0.25, -0.2) is 0 Å². The maximum absolute atomic E-state index is 12.4. The number of carbonyl (C=O) groups excluding carboxylic acids is 1. The van der Waals surface area contributed by atoms with Crippen molar-refractivity contribution in [3.63, 3.8) is 0 Å². The van der Waals surface area contributed by atoms with Crippen LogP contribution in [0.2, 0.25) is 0 Å². The van der Waals surface area contributed by atoms with Crippen LogP contribution in [0.4, 0.5) is 5.69 Å². The number of primary amides is 1. The Labute approximate surface area is 125 Å². The number of hydrogen-bond donors (Lipinski definition) is 2. The van der Waals surface area contributed by atoms with E-state index >= 15 is 0 Å². The summed E-state index contributed by atoms with van der Waals surface area (Å²) in [7, 11) is 0.200. The second-order valence-electron chi connectivity index (χ2n) is 4.46. The van der Waals surface area contributed by atoms with Gasteiger partial charge in [0.05, 0.1) is 28.6 Å². The molecule has 1 atom stereocenters. The Hall–Kier alpha value is -2.34. The Morgan fingerprint density at radius 1 is 1.24 bits per heavy atom. The molecule has 0 spiro atoms. The molecule has 0 heterocycles. The zero-order valence-electron chi connectivity index (χ0n) is 11.5. The van der Waals surface area contributed by atoms with E-state index in [0.29, 0.717) is 21.9 Å². The molecular formula is C15H16N2O3S. The minimum atomic E-state index is -1.34. The van der Waals surface area contributed by atoms with Gasteiger partial charge < -0.3 is 16.2 Å². The van der Waals surface area contributed by atoms with Crippen LogP contribution in [-0.4, -0.2) is 17.2 Å². The van der Waals surface area contributed by atoms with E-state index in [1.165, 1.54) is 7.11 Å². The largest absolute Gasteiger partial charge is 0.497 e. The standard InChI is InChI=1S/C15H16N2O3S/c1-20-12-5-6-13(16)14(8-12)21(19)9-10-3-2-4-11(7-10)15(17)18/h2-8H,9,16H2,1H3,(H2,17,18). The lowest BCUT2D eigenvalue weighted by molar-refractivity contribution is 0.1000. The van der Waals surface area contributed by atoms with Crippen LogP contribution in [-0.2, 0) is 16.6 Å². The first kappa shape index (κ1) is 15.1. The molecule has 2 aromatic carbocycles. The Bertz CT molecular complexity index is 701. The van der Waals surface area contributed by atoms with E-state index in [1.54, 1.807) is 42.5 Å². The van der Waals surface area contributed by atoms with Crippen LogP contribution in [0.25, 0.3) is 0 Å². The maximum Gasteiger partial charge on any atom is 0.248 e. The molecule has 0 aliphatic rings. The fraction of sp³-hybridized carbons (Fsp3) is 0.133. The summed E-state index contributed by atoms with van der Waals surface area (Å²) in [6, 6.07) is 11.8. The predicted molar refractivity (Wildman–Crippen MR) is 82.5 cm³/mol. The summed E-state index contributed by atoms with van der Waals surface area (Å²) in [6.07, 6.45) is 0. The van der Waals surface area contributed by atoms with Gasteiger partial charge in [-0.2, -0.15) is 0 Å². The highest BCUT2D eigenvalue weighted by Gasteiger charge is 2.11. The van der Waals surface area contributed by atoms with E-state index in [2.05, 4.69) is 0 Å². The summed E-state index contributed by atoms with van der Waals surface area (Å²) in [4.78, 5) is 11.7. The van der Waals surface area contributed by atoms with Gasteiger partial charge in [-0.15, -0.1) is 0 Å². The fourth-order valence-corrected chi connectivity index (χ4v) is 3.10. The van der Waals surface area contributed by atoms with Crippen molar-refractivity contribution in [3.8, 4) is 5.75 Å². The van der Waals surface area contributed by atoms with Gasteiger partial charge in [-0.3, -0.25) is 9.00 Å². The maximum atomic E-state index is 12.4. The average molecular weight is 304 g/mol. The molecule has 21 heavy (non-hydrogen) atoms. The quantitative estimate of drug-likeness (QED) is 0.822. The minimum absolute atomic E-state index is 0.248. The van der Waals surface area contributed by atoms with Gasteiger partial charge in [-0.05, 0) is 35.9 Å². The van der Waals surface area contributed by atoms with Crippen molar-refractivity contribution < 1.29 is 13.7 Å². The molecule has 0 saturated heterocycles. The lowest BCUT2D eigenvalue weighted by atomic mass is 10.1. The predicted octanol–water partition coefficient (Wildman–Crippen LogP) is 1.68. The van der Waals surface area contributed by atoms with Crippen LogP contribution < -0.4 is 16.2 Å². The molecule has 0 aliphatic heterocycles. The molecule has 0 radical (unpaired) electrons. The summed E-state index contributed by atoms with van der Waals surface area (Å²) in [5.74, 6) is 0.334. The van der Waals surface area contributed by atoms with Gasteiger partial charge in [-0.1, -0.05) is 12.1 Å². The normalized spacial score (nSPS) is 11.9. The van der Waals surface area contributed by atoms with Crippen molar-refractivity contribution in [2.75, 3.05) is 12.8 Å². The topological polar surface area (TPSA) is 95.4 Å². The third kappa shape index (κ3) is 3.61. The SMILES string of the molecule is COc1ccc(N)c(S(=O)Cc2cccc(C(N)=O)c2)c1. The van der Waals surface area contributed by atoms with Gasteiger partial charge in [0.25, 0.3) is 0 Å². The number of hydrogen-bond acceptors (Lipinski definition) is 4. The van der Waals surface area contributed by atoms with Crippen LogP contribution in [0.15, 0.2) is 47.4 Å².